The van der Waals surface area contributed by atoms with Gasteiger partial charge in [-0.2, -0.15) is 0 Å². The van der Waals surface area contributed by atoms with Gasteiger partial charge in [-0.25, -0.2) is 0 Å². The Kier molecular flexibility index (Phi) is 4.96. The third-order valence-corrected chi connectivity index (χ3v) is 3.06. The lowest BCUT2D eigenvalue weighted by Gasteiger charge is -2.10. The van der Waals surface area contributed by atoms with Crippen molar-refractivity contribution in [1.82, 2.24) is 0 Å². The van der Waals surface area contributed by atoms with Crippen molar-refractivity contribution in [2.45, 2.75) is 26.7 Å². The van der Waals surface area contributed by atoms with Gasteiger partial charge in [-0.05, 0) is 62.9 Å². The van der Waals surface area contributed by atoms with E-state index in [1.165, 1.54) is 5.56 Å². The van der Waals surface area contributed by atoms with Crippen molar-refractivity contribution in [3.63, 3.8) is 0 Å². The molecule has 1 aromatic rings. The van der Waals surface area contributed by atoms with E-state index in [-0.39, 0.29) is 0 Å². The molecular weight excluding hydrogens is 308 g/mol. The van der Waals surface area contributed by atoms with Crippen LogP contribution in [-0.2, 0) is 0 Å². The third kappa shape index (κ3) is 3.28. The molecule has 1 rings (SSSR count). The van der Waals surface area contributed by atoms with Crippen molar-refractivity contribution in [2.24, 2.45) is 0 Å². The summed E-state index contributed by atoms with van der Waals surface area (Å²) in [4.78, 5) is 0. The summed E-state index contributed by atoms with van der Waals surface area (Å²) in [5.74, 6) is 0.907. The monoisotopic (exact) mass is 320 g/mol. The Balaban J connectivity index is 2.75. The van der Waals surface area contributed by atoms with Crippen LogP contribution in [0.1, 0.15) is 25.3 Å². The lowest BCUT2D eigenvalue weighted by atomic mass is 10.2. The van der Waals surface area contributed by atoms with E-state index in [4.69, 9.17) is 4.74 Å². The van der Waals surface area contributed by atoms with Crippen LogP contribution in [0.4, 0.5) is 0 Å². The number of halogens is 2. The van der Waals surface area contributed by atoms with Crippen molar-refractivity contribution in [1.29, 1.82) is 0 Å². The Morgan fingerprint density at radius 3 is 2.29 bits per heavy atom. The summed E-state index contributed by atoms with van der Waals surface area (Å²) in [7, 11) is 0. The quantitative estimate of drug-likeness (QED) is 0.730. The SMILES string of the molecule is CCCCOc1c(Br)cc(C)cc1Br. The highest BCUT2D eigenvalue weighted by Gasteiger charge is 2.06. The van der Waals surface area contributed by atoms with Crippen molar-refractivity contribution in [3.05, 3.63) is 26.6 Å². The Bertz CT molecular complexity index is 287. The van der Waals surface area contributed by atoms with Crippen LogP contribution in [0.25, 0.3) is 0 Å². The van der Waals surface area contributed by atoms with Crippen LogP contribution in [-0.4, -0.2) is 6.61 Å². The van der Waals surface area contributed by atoms with E-state index in [9.17, 15) is 0 Å². The Morgan fingerprint density at radius 2 is 1.79 bits per heavy atom. The van der Waals surface area contributed by atoms with Crippen molar-refractivity contribution in [2.75, 3.05) is 6.61 Å². The number of hydrogen-bond acceptors (Lipinski definition) is 1. The van der Waals surface area contributed by atoms with Crippen LogP contribution in [0.2, 0.25) is 0 Å². The molecule has 0 saturated heterocycles. The molecule has 0 radical (unpaired) electrons. The van der Waals surface area contributed by atoms with Crippen molar-refractivity contribution in [3.8, 4) is 5.75 Å². The molecule has 0 spiro atoms. The van der Waals surface area contributed by atoms with E-state index < -0.39 is 0 Å². The summed E-state index contributed by atoms with van der Waals surface area (Å²) in [6, 6.07) is 4.12. The van der Waals surface area contributed by atoms with E-state index in [2.05, 4.69) is 57.8 Å². The predicted octanol–water partition coefficient (Wildman–Crippen LogP) is 4.70. The average molecular weight is 322 g/mol. The minimum atomic E-state index is 0.775. The molecule has 0 heterocycles. The van der Waals surface area contributed by atoms with Gasteiger partial charge in [-0.1, -0.05) is 13.3 Å². The van der Waals surface area contributed by atoms with Gasteiger partial charge in [0.2, 0.25) is 0 Å². The molecule has 0 fully saturated rings. The van der Waals surface area contributed by atoms with Gasteiger partial charge in [0.15, 0.2) is 0 Å². The lowest BCUT2D eigenvalue weighted by molar-refractivity contribution is 0.305. The van der Waals surface area contributed by atoms with E-state index in [1.807, 2.05) is 0 Å². The van der Waals surface area contributed by atoms with Gasteiger partial charge in [0.1, 0.15) is 5.75 Å². The zero-order valence-corrected chi connectivity index (χ0v) is 11.6. The van der Waals surface area contributed by atoms with Crippen LogP contribution < -0.4 is 4.74 Å². The average Bonchev–Trinajstić information content (AvgIpc) is 2.09. The first-order chi connectivity index (χ1) is 6.65. The maximum Gasteiger partial charge on any atom is 0.147 e. The lowest BCUT2D eigenvalue weighted by Crippen LogP contribution is -1.98. The van der Waals surface area contributed by atoms with Gasteiger partial charge in [0.25, 0.3) is 0 Å². The largest absolute Gasteiger partial charge is 0.491 e. The number of hydrogen-bond donors (Lipinski definition) is 0. The molecule has 0 atom stereocenters. The predicted molar refractivity (Wildman–Crippen MR) is 67.0 cm³/mol. The van der Waals surface area contributed by atoms with Crippen LogP contribution in [0.3, 0.4) is 0 Å². The number of ether oxygens (including phenoxy) is 1. The van der Waals surface area contributed by atoms with Gasteiger partial charge in [-0.3, -0.25) is 0 Å². The van der Waals surface area contributed by atoms with E-state index in [0.29, 0.717) is 0 Å². The molecule has 1 nitrogen and oxygen atoms in total. The minimum absolute atomic E-state index is 0.775. The molecular formula is C11H14Br2O. The molecule has 0 bridgehead atoms. The second kappa shape index (κ2) is 5.76. The molecule has 14 heavy (non-hydrogen) atoms. The number of rotatable bonds is 4. The molecule has 0 N–H and O–H groups in total. The molecule has 3 heteroatoms. The van der Waals surface area contributed by atoms with Crippen molar-refractivity contribution >= 4 is 31.9 Å². The summed E-state index contributed by atoms with van der Waals surface area (Å²) >= 11 is 6.99. The Hall–Kier alpha value is -0.0200. The summed E-state index contributed by atoms with van der Waals surface area (Å²) in [5, 5.41) is 0. The fourth-order valence-electron chi connectivity index (χ4n) is 1.14. The molecule has 0 unspecified atom stereocenters. The minimum Gasteiger partial charge on any atom is -0.491 e. The number of aryl methyl sites for hydroxylation is 1. The molecule has 78 valence electrons. The molecule has 0 saturated carbocycles. The van der Waals surface area contributed by atoms with Crippen LogP contribution in [0.15, 0.2) is 21.1 Å². The van der Waals surface area contributed by atoms with E-state index in [1.54, 1.807) is 0 Å². The van der Waals surface area contributed by atoms with Gasteiger partial charge in [0, 0.05) is 0 Å². The molecule has 0 amide bonds. The molecule has 0 aliphatic heterocycles. The van der Waals surface area contributed by atoms with Gasteiger partial charge >= 0.3 is 0 Å². The summed E-state index contributed by atoms with van der Waals surface area (Å²) in [6.07, 6.45) is 2.24. The summed E-state index contributed by atoms with van der Waals surface area (Å²) in [6.45, 7) is 4.99. The van der Waals surface area contributed by atoms with Crippen molar-refractivity contribution < 1.29 is 4.74 Å². The molecule has 0 aliphatic rings. The topological polar surface area (TPSA) is 9.23 Å². The number of benzene rings is 1. The zero-order valence-electron chi connectivity index (χ0n) is 8.44. The van der Waals surface area contributed by atoms with Crippen LogP contribution >= 0.6 is 31.9 Å². The second-order valence-corrected chi connectivity index (χ2v) is 4.97. The molecule has 1 aromatic carbocycles. The van der Waals surface area contributed by atoms with Gasteiger partial charge in [-0.15, -0.1) is 0 Å². The zero-order chi connectivity index (χ0) is 10.6. The standard InChI is InChI=1S/C11H14Br2O/c1-3-4-5-14-11-9(12)6-8(2)7-10(11)13/h6-7H,3-5H2,1-2H3. The van der Waals surface area contributed by atoms with Crippen LogP contribution in [0, 0.1) is 6.92 Å². The van der Waals surface area contributed by atoms with Gasteiger partial charge < -0.3 is 4.74 Å². The summed E-state index contributed by atoms with van der Waals surface area (Å²) < 4.78 is 7.70. The number of unbranched alkanes of at least 4 members (excludes halogenated alkanes) is 1. The smallest absolute Gasteiger partial charge is 0.147 e. The maximum atomic E-state index is 5.67. The fraction of sp³-hybridized carbons (Fsp3) is 0.455. The Morgan fingerprint density at radius 1 is 1.21 bits per heavy atom. The second-order valence-electron chi connectivity index (χ2n) is 3.26. The Labute approximate surface area is 102 Å². The molecule has 0 aromatic heterocycles. The first-order valence-electron chi connectivity index (χ1n) is 4.73. The summed E-state index contributed by atoms with van der Waals surface area (Å²) in [5.41, 5.74) is 1.21. The highest BCUT2D eigenvalue weighted by molar-refractivity contribution is 9.11. The first-order valence-corrected chi connectivity index (χ1v) is 6.32. The normalized spacial score (nSPS) is 10.3. The van der Waals surface area contributed by atoms with E-state index >= 15 is 0 Å². The maximum absolute atomic E-state index is 5.67. The highest BCUT2D eigenvalue weighted by Crippen LogP contribution is 2.34. The third-order valence-electron chi connectivity index (χ3n) is 1.89. The first kappa shape index (κ1) is 12.1. The highest BCUT2D eigenvalue weighted by atomic mass is 79.9. The fourth-order valence-corrected chi connectivity index (χ4v) is 2.79. The van der Waals surface area contributed by atoms with E-state index in [0.717, 1.165) is 34.1 Å². The molecule has 0 aliphatic carbocycles. The van der Waals surface area contributed by atoms with Crippen LogP contribution in [0.5, 0.6) is 5.75 Å². The van der Waals surface area contributed by atoms with Gasteiger partial charge in [0.05, 0.1) is 15.6 Å².